The highest BCUT2D eigenvalue weighted by Crippen LogP contribution is 2.20. The molecule has 0 radical (unpaired) electrons. The molecule has 0 saturated heterocycles. The second-order valence-corrected chi connectivity index (χ2v) is 4.69. The van der Waals surface area contributed by atoms with Crippen molar-refractivity contribution in [1.29, 1.82) is 0 Å². The van der Waals surface area contributed by atoms with E-state index in [1.165, 1.54) is 11.1 Å². The van der Waals surface area contributed by atoms with Crippen molar-refractivity contribution >= 4 is 22.5 Å². The first-order chi connectivity index (χ1) is 9.22. The third-order valence-corrected chi connectivity index (χ3v) is 3.09. The highest BCUT2D eigenvalue weighted by molar-refractivity contribution is 5.83. The predicted octanol–water partition coefficient (Wildman–Crippen LogP) is 3.99. The maximum absolute atomic E-state index is 4.65. The van der Waals surface area contributed by atoms with E-state index in [2.05, 4.69) is 46.5 Å². The lowest BCUT2D eigenvalue weighted by Gasteiger charge is -2.07. The molecule has 3 aromatic rings. The van der Waals surface area contributed by atoms with Gasteiger partial charge in [-0.15, -0.1) is 0 Å². The van der Waals surface area contributed by atoms with Crippen LogP contribution >= 0.6 is 0 Å². The SMILES string of the molecule is Cc1ccnc(Nc2ccc3cccc(C)c3n2)c1. The average Bonchev–Trinajstić information content (AvgIpc) is 2.40. The summed E-state index contributed by atoms with van der Waals surface area (Å²) >= 11 is 0. The molecule has 1 N–H and O–H groups in total. The number of hydrogen-bond acceptors (Lipinski definition) is 3. The lowest BCUT2D eigenvalue weighted by molar-refractivity contribution is 1.25. The Morgan fingerprint density at radius 1 is 0.947 bits per heavy atom. The Bertz CT molecular complexity index is 735. The quantitative estimate of drug-likeness (QED) is 0.746. The number of nitrogens with one attached hydrogen (secondary N) is 1. The van der Waals surface area contributed by atoms with Crippen molar-refractivity contribution in [2.75, 3.05) is 5.32 Å². The first kappa shape index (κ1) is 11.7. The Kier molecular flexibility index (Phi) is 2.88. The van der Waals surface area contributed by atoms with Crippen molar-refractivity contribution in [2.45, 2.75) is 13.8 Å². The largest absolute Gasteiger partial charge is 0.325 e. The normalized spacial score (nSPS) is 10.6. The van der Waals surface area contributed by atoms with Crippen molar-refractivity contribution in [1.82, 2.24) is 9.97 Å². The summed E-state index contributed by atoms with van der Waals surface area (Å²) in [6, 6.07) is 14.2. The van der Waals surface area contributed by atoms with Crippen LogP contribution in [0.5, 0.6) is 0 Å². The highest BCUT2D eigenvalue weighted by atomic mass is 15.0. The van der Waals surface area contributed by atoms with E-state index in [1.807, 2.05) is 25.1 Å². The Hall–Kier alpha value is -2.42. The van der Waals surface area contributed by atoms with Gasteiger partial charge in [0, 0.05) is 11.6 Å². The van der Waals surface area contributed by atoms with Gasteiger partial charge in [0.05, 0.1) is 5.52 Å². The maximum atomic E-state index is 4.65. The molecule has 3 heteroatoms. The van der Waals surface area contributed by atoms with Gasteiger partial charge in [0.15, 0.2) is 0 Å². The van der Waals surface area contributed by atoms with Crippen molar-refractivity contribution in [3.8, 4) is 0 Å². The smallest absolute Gasteiger partial charge is 0.132 e. The van der Waals surface area contributed by atoms with Crippen molar-refractivity contribution in [2.24, 2.45) is 0 Å². The van der Waals surface area contributed by atoms with Crippen LogP contribution < -0.4 is 5.32 Å². The first-order valence-electron chi connectivity index (χ1n) is 6.28. The van der Waals surface area contributed by atoms with Crippen LogP contribution in [0, 0.1) is 13.8 Å². The molecule has 0 saturated carbocycles. The van der Waals surface area contributed by atoms with Gasteiger partial charge in [-0.3, -0.25) is 0 Å². The summed E-state index contributed by atoms with van der Waals surface area (Å²) in [7, 11) is 0. The molecule has 0 fully saturated rings. The summed E-state index contributed by atoms with van der Waals surface area (Å²) in [5.41, 5.74) is 3.38. The van der Waals surface area contributed by atoms with E-state index >= 15 is 0 Å². The number of benzene rings is 1. The van der Waals surface area contributed by atoms with Gasteiger partial charge in [-0.1, -0.05) is 18.2 Å². The molecule has 2 heterocycles. The molecule has 2 aromatic heterocycles. The van der Waals surface area contributed by atoms with E-state index in [0.29, 0.717) is 0 Å². The minimum Gasteiger partial charge on any atom is -0.325 e. The van der Waals surface area contributed by atoms with Crippen molar-refractivity contribution < 1.29 is 0 Å². The molecule has 94 valence electrons. The number of anilines is 2. The summed E-state index contributed by atoms with van der Waals surface area (Å²) in [5, 5.41) is 4.40. The van der Waals surface area contributed by atoms with Gasteiger partial charge in [0.2, 0.25) is 0 Å². The van der Waals surface area contributed by atoms with Crippen LogP contribution in [-0.2, 0) is 0 Å². The molecule has 0 amide bonds. The molecular formula is C16H15N3. The van der Waals surface area contributed by atoms with Crippen LogP contribution in [0.2, 0.25) is 0 Å². The van der Waals surface area contributed by atoms with Gasteiger partial charge in [0.25, 0.3) is 0 Å². The van der Waals surface area contributed by atoms with Crippen LogP contribution in [0.3, 0.4) is 0 Å². The number of hydrogen-bond donors (Lipinski definition) is 1. The predicted molar refractivity (Wildman–Crippen MR) is 78.7 cm³/mol. The number of fused-ring (bicyclic) bond motifs is 1. The van der Waals surface area contributed by atoms with Crippen molar-refractivity contribution in [3.05, 3.63) is 59.8 Å². The summed E-state index contributed by atoms with van der Waals surface area (Å²) in [6.07, 6.45) is 1.80. The topological polar surface area (TPSA) is 37.8 Å². The Morgan fingerprint density at radius 3 is 2.68 bits per heavy atom. The highest BCUT2D eigenvalue weighted by Gasteiger charge is 2.02. The zero-order valence-electron chi connectivity index (χ0n) is 11.0. The van der Waals surface area contributed by atoms with E-state index in [1.54, 1.807) is 6.20 Å². The van der Waals surface area contributed by atoms with Gasteiger partial charge < -0.3 is 5.32 Å². The molecule has 0 bridgehead atoms. The number of aromatic nitrogens is 2. The van der Waals surface area contributed by atoms with Gasteiger partial charge in [-0.25, -0.2) is 9.97 Å². The monoisotopic (exact) mass is 249 g/mol. The van der Waals surface area contributed by atoms with E-state index in [-0.39, 0.29) is 0 Å². The van der Waals surface area contributed by atoms with Gasteiger partial charge in [0.1, 0.15) is 11.6 Å². The van der Waals surface area contributed by atoms with E-state index in [9.17, 15) is 0 Å². The molecule has 0 aliphatic heterocycles. The molecule has 0 aliphatic rings. The zero-order chi connectivity index (χ0) is 13.2. The van der Waals surface area contributed by atoms with Crippen LogP contribution in [0.15, 0.2) is 48.7 Å². The fraction of sp³-hybridized carbons (Fsp3) is 0.125. The van der Waals surface area contributed by atoms with E-state index in [4.69, 9.17) is 0 Å². The zero-order valence-corrected chi connectivity index (χ0v) is 11.0. The van der Waals surface area contributed by atoms with Crippen LogP contribution in [0.4, 0.5) is 11.6 Å². The molecule has 0 atom stereocenters. The molecular weight excluding hydrogens is 234 g/mol. The Morgan fingerprint density at radius 2 is 1.84 bits per heavy atom. The summed E-state index contributed by atoms with van der Waals surface area (Å²) in [6.45, 7) is 4.12. The second-order valence-electron chi connectivity index (χ2n) is 4.69. The molecule has 1 aromatic carbocycles. The third kappa shape index (κ3) is 2.40. The van der Waals surface area contributed by atoms with E-state index < -0.39 is 0 Å². The first-order valence-corrected chi connectivity index (χ1v) is 6.28. The number of para-hydroxylation sites is 1. The van der Waals surface area contributed by atoms with Gasteiger partial charge >= 0.3 is 0 Å². The van der Waals surface area contributed by atoms with E-state index in [0.717, 1.165) is 22.5 Å². The molecule has 19 heavy (non-hydrogen) atoms. The number of nitrogens with zero attached hydrogens (tertiary/aromatic N) is 2. The standard InChI is InChI=1S/C16H15N3/c1-11-8-9-17-15(10-11)18-14-7-6-13-5-3-4-12(2)16(13)19-14/h3-10H,1-2H3,(H,17,18,19). The van der Waals surface area contributed by atoms with Crippen LogP contribution in [0.1, 0.15) is 11.1 Å². The molecule has 0 unspecified atom stereocenters. The fourth-order valence-corrected chi connectivity index (χ4v) is 2.10. The fourth-order valence-electron chi connectivity index (χ4n) is 2.10. The van der Waals surface area contributed by atoms with Gasteiger partial charge in [-0.05, 0) is 49.2 Å². The lowest BCUT2D eigenvalue weighted by atomic mass is 10.1. The minimum absolute atomic E-state index is 0.819. The lowest BCUT2D eigenvalue weighted by Crippen LogP contribution is -1.96. The maximum Gasteiger partial charge on any atom is 0.132 e. The third-order valence-electron chi connectivity index (χ3n) is 3.09. The molecule has 3 nitrogen and oxygen atoms in total. The summed E-state index contributed by atoms with van der Waals surface area (Å²) in [5.74, 6) is 1.64. The second kappa shape index (κ2) is 4.69. The van der Waals surface area contributed by atoms with Crippen molar-refractivity contribution in [3.63, 3.8) is 0 Å². The van der Waals surface area contributed by atoms with Crippen LogP contribution in [0.25, 0.3) is 10.9 Å². The minimum atomic E-state index is 0.819. The number of pyridine rings is 2. The number of aryl methyl sites for hydroxylation is 2. The Balaban J connectivity index is 2.00. The number of rotatable bonds is 2. The summed E-state index contributed by atoms with van der Waals surface area (Å²) in [4.78, 5) is 8.93. The molecule has 0 spiro atoms. The van der Waals surface area contributed by atoms with Crippen LogP contribution in [-0.4, -0.2) is 9.97 Å². The Labute approximate surface area is 112 Å². The molecule has 3 rings (SSSR count). The summed E-state index contributed by atoms with van der Waals surface area (Å²) < 4.78 is 0. The molecule has 0 aliphatic carbocycles. The van der Waals surface area contributed by atoms with Gasteiger partial charge in [-0.2, -0.15) is 0 Å². The average molecular weight is 249 g/mol.